The summed E-state index contributed by atoms with van der Waals surface area (Å²) in [5.41, 5.74) is 0.707. The Morgan fingerprint density at radius 1 is 1.18 bits per heavy atom. The van der Waals surface area contributed by atoms with Gasteiger partial charge in [0.2, 0.25) is 0 Å². The van der Waals surface area contributed by atoms with Gasteiger partial charge in [-0.3, -0.25) is 4.79 Å². The van der Waals surface area contributed by atoms with Crippen LogP contribution in [-0.4, -0.2) is 11.9 Å². The minimum absolute atomic E-state index is 0.0243. The number of carbonyl (C=O) groups is 1. The fraction of sp³-hybridized carbons (Fsp3) is 0.462. The normalized spacial score (nSPS) is 16.8. The molecule has 4 heteroatoms. The molecule has 1 N–H and O–H groups in total. The number of hydrogen-bond donors (Lipinski definition) is 1. The maximum Gasteiger partial charge on any atom is 0.252 e. The molecule has 0 unspecified atom stereocenters. The van der Waals surface area contributed by atoms with Crippen LogP contribution in [0, 0.1) is 0 Å². The van der Waals surface area contributed by atoms with Gasteiger partial charge >= 0.3 is 0 Å². The maximum absolute atomic E-state index is 12.1. The smallest absolute Gasteiger partial charge is 0.252 e. The zero-order valence-electron chi connectivity index (χ0n) is 9.51. The molecule has 1 saturated carbocycles. The molecule has 1 aliphatic rings. The third-order valence-electron chi connectivity index (χ3n) is 3.12. The largest absolute Gasteiger partial charge is 0.349 e. The lowest BCUT2D eigenvalue weighted by atomic mass is 9.95. The molecule has 0 radical (unpaired) electrons. The van der Waals surface area contributed by atoms with Crippen LogP contribution < -0.4 is 5.32 Å². The topological polar surface area (TPSA) is 29.1 Å². The lowest BCUT2D eigenvalue weighted by Gasteiger charge is -2.23. The Labute approximate surface area is 118 Å². The summed E-state index contributed by atoms with van der Waals surface area (Å²) in [6.07, 6.45) is 5.98. The maximum atomic E-state index is 12.1. The monoisotopic (exact) mass is 359 g/mol. The van der Waals surface area contributed by atoms with Crippen molar-refractivity contribution >= 4 is 37.8 Å². The summed E-state index contributed by atoms with van der Waals surface area (Å²) in [5.74, 6) is 0.0243. The minimum Gasteiger partial charge on any atom is -0.349 e. The van der Waals surface area contributed by atoms with E-state index in [0.29, 0.717) is 11.6 Å². The molecule has 2 nitrogen and oxygen atoms in total. The van der Waals surface area contributed by atoms with Crippen LogP contribution in [0.25, 0.3) is 0 Å². The van der Waals surface area contributed by atoms with Crippen molar-refractivity contribution in [1.29, 1.82) is 0 Å². The Morgan fingerprint density at radius 2 is 1.88 bits per heavy atom. The van der Waals surface area contributed by atoms with E-state index in [1.165, 1.54) is 19.3 Å². The van der Waals surface area contributed by atoms with E-state index in [-0.39, 0.29) is 5.91 Å². The number of benzene rings is 1. The van der Waals surface area contributed by atoms with Gasteiger partial charge in [-0.25, -0.2) is 0 Å². The van der Waals surface area contributed by atoms with E-state index in [9.17, 15) is 4.79 Å². The van der Waals surface area contributed by atoms with Crippen molar-refractivity contribution in [1.82, 2.24) is 5.32 Å². The van der Waals surface area contributed by atoms with E-state index in [0.717, 1.165) is 21.8 Å². The van der Waals surface area contributed by atoms with Crippen LogP contribution >= 0.6 is 31.9 Å². The summed E-state index contributed by atoms with van der Waals surface area (Å²) in [5, 5.41) is 3.11. The molecule has 0 atom stereocenters. The SMILES string of the molecule is O=C(NC1CCCCC1)c1ccc(Br)cc1Br. The van der Waals surface area contributed by atoms with Crippen molar-refractivity contribution in [2.24, 2.45) is 0 Å². The second-order valence-electron chi connectivity index (χ2n) is 4.43. The van der Waals surface area contributed by atoms with Crippen molar-refractivity contribution in [3.05, 3.63) is 32.7 Å². The predicted molar refractivity (Wildman–Crippen MR) is 76.2 cm³/mol. The molecule has 1 aromatic rings. The van der Waals surface area contributed by atoms with E-state index in [1.54, 1.807) is 0 Å². The highest BCUT2D eigenvalue weighted by atomic mass is 79.9. The Balaban J connectivity index is 2.03. The first-order chi connectivity index (χ1) is 8.16. The van der Waals surface area contributed by atoms with Crippen LogP contribution in [-0.2, 0) is 0 Å². The number of amides is 1. The van der Waals surface area contributed by atoms with E-state index in [2.05, 4.69) is 37.2 Å². The standard InChI is InChI=1S/C13H15Br2NO/c14-9-6-7-11(12(15)8-9)13(17)16-10-4-2-1-3-5-10/h6-8,10H,1-5H2,(H,16,17). The molecular formula is C13H15Br2NO. The van der Waals surface area contributed by atoms with Crippen molar-refractivity contribution in [3.63, 3.8) is 0 Å². The molecule has 1 aliphatic carbocycles. The summed E-state index contributed by atoms with van der Waals surface area (Å²) in [6, 6.07) is 5.98. The van der Waals surface area contributed by atoms with Gasteiger partial charge in [0.25, 0.3) is 5.91 Å². The van der Waals surface area contributed by atoms with Gasteiger partial charge in [0, 0.05) is 15.0 Å². The molecule has 0 saturated heterocycles. The molecule has 0 spiro atoms. The molecule has 92 valence electrons. The Kier molecular flexibility index (Phi) is 4.62. The van der Waals surface area contributed by atoms with Crippen LogP contribution in [0.3, 0.4) is 0 Å². The molecule has 1 aromatic carbocycles. The molecular weight excluding hydrogens is 346 g/mol. The Bertz CT molecular complexity index is 414. The molecule has 0 aliphatic heterocycles. The van der Waals surface area contributed by atoms with E-state index in [4.69, 9.17) is 0 Å². The quantitative estimate of drug-likeness (QED) is 0.838. The third kappa shape index (κ3) is 3.55. The zero-order chi connectivity index (χ0) is 12.3. The highest BCUT2D eigenvalue weighted by molar-refractivity contribution is 9.11. The lowest BCUT2D eigenvalue weighted by molar-refractivity contribution is 0.0927. The number of halogens is 2. The van der Waals surface area contributed by atoms with Gasteiger partial charge in [-0.1, -0.05) is 35.2 Å². The van der Waals surface area contributed by atoms with E-state index in [1.807, 2.05) is 18.2 Å². The average Bonchev–Trinajstić information content (AvgIpc) is 2.30. The first-order valence-corrected chi connectivity index (χ1v) is 7.51. The second-order valence-corrected chi connectivity index (χ2v) is 6.20. The van der Waals surface area contributed by atoms with Crippen LogP contribution in [0.4, 0.5) is 0 Å². The van der Waals surface area contributed by atoms with Crippen LogP contribution in [0.15, 0.2) is 27.1 Å². The number of carbonyl (C=O) groups excluding carboxylic acids is 1. The molecule has 17 heavy (non-hydrogen) atoms. The van der Waals surface area contributed by atoms with Crippen molar-refractivity contribution < 1.29 is 4.79 Å². The van der Waals surface area contributed by atoms with Crippen molar-refractivity contribution in [2.45, 2.75) is 38.1 Å². The summed E-state index contributed by atoms with van der Waals surface area (Å²) in [6.45, 7) is 0. The zero-order valence-corrected chi connectivity index (χ0v) is 12.7. The summed E-state index contributed by atoms with van der Waals surface area (Å²) in [7, 11) is 0. The van der Waals surface area contributed by atoms with E-state index < -0.39 is 0 Å². The molecule has 1 fully saturated rings. The van der Waals surface area contributed by atoms with Crippen molar-refractivity contribution in [3.8, 4) is 0 Å². The highest BCUT2D eigenvalue weighted by Crippen LogP contribution is 2.23. The van der Waals surface area contributed by atoms with Gasteiger partial charge < -0.3 is 5.32 Å². The first kappa shape index (κ1) is 13.1. The molecule has 0 aromatic heterocycles. The molecule has 1 amide bonds. The second kappa shape index (κ2) is 6.01. The number of hydrogen-bond acceptors (Lipinski definition) is 1. The van der Waals surface area contributed by atoms with Crippen molar-refractivity contribution in [2.75, 3.05) is 0 Å². The molecule has 0 heterocycles. The molecule has 0 bridgehead atoms. The van der Waals surface area contributed by atoms with Gasteiger partial charge in [0.05, 0.1) is 5.56 Å². The fourth-order valence-electron chi connectivity index (χ4n) is 2.18. The minimum atomic E-state index is 0.0243. The summed E-state index contributed by atoms with van der Waals surface area (Å²) in [4.78, 5) is 12.1. The number of nitrogens with one attached hydrogen (secondary N) is 1. The van der Waals surface area contributed by atoms with Gasteiger partial charge in [0.1, 0.15) is 0 Å². The third-order valence-corrected chi connectivity index (χ3v) is 4.27. The Hall–Kier alpha value is -0.350. The first-order valence-electron chi connectivity index (χ1n) is 5.93. The fourth-order valence-corrected chi connectivity index (χ4v) is 3.41. The Morgan fingerprint density at radius 3 is 2.53 bits per heavy atom. The summed E-state index contributed by atoms with van der Waals surface area (Å²) >= 11 is 6.80. The predicted octanol–water partition coefficient (Wildman–Crippen LogP) is 4.27. The van der Waals surface area contributed by atoms with Gasteiger partial charge in [-0.2, -0.15) is 0 Å². The van der Waals surface area contributed by atoms with Crippen LogP contribution in [0.5, 0.6) is 0 Å². The van der Waals surface area contributed by atoms with E-state index >= 15 is 0 Å². The van der Waals surface area contributed by atoms with Gasteiger partial charge in [0.15, 0.2) is 0 Å². The lowest BCUT2D eigenvalue weighted by Crippen LogP contribution is -2.36. The van der Waals surface area contributed by atoms with Gasteiger partial charge in [-0.15, -0.1) is 0 Å². The number of rotatable bonds is 2. The van der Waals surface area contributed by atoms with Crippen LogP contribution in [0.1, 0.15) is 42.5 Å². The average molecular weight is 361 g/mol. The summed E-state index contributed by atoms with van der Waals surface area (Å²) < 4.78 is 1.80. The van der Waals surface area contributed by atoms with Gasteiger partial charge in [-0.05, 0) is 47.0 Å². The molecule has 2 rings (SSSR count). The highest BCUT2D eigenvalue weighted by Gasteiger charge is 2.17. The van der Waals surface area contributed by atoms with Crippen LogP contribution in [0.2, 0.25) is 0 Å².